The largest absolute Gasteiger partial charge is 0.453 e. The first-order valence-electron chi connectivity index (χ1n) is 5.82. The Morgan fingerprint density at radius 3 is 2.50 bits per heavy atom. The van der Waals surface area contributed by atoms with Crippen molar-refractivity contribution < 1.29 is 13.5 Å². The Balaban J connectivity index is 2.28. The van der Waals surface area contributed by atoms with E-state index in [0.717, 1.165) is 11.6 Å². The van der Waals surface area contributed by atoms with E-state index in [4.69, 9.17) is 22.1 Å². The Bertz CT molecular complexity index is 637. The van der Waals surface area contributed by atoms with Crippen molar-refractivity contribution in [3.05, 3.63) is 57.0 Å². The molecular formula is C14H11BrClF2NO. The van der Waals surface area contributed by atoms with Crippen LogP contribution in [0, 0.1) is 11.6 Å². The SMILES string of the molecule is NCCc1ccc(Oc2cc(F)c(Cl)cc2Br)c(F)c1. The fraction of sp³-hybridized carbons (Fsp3) is 0.143. The molecule has 2 nitrogen and oxygen atoms in total. The Hall–Kier alpha value is -1.17. The van der Waals surface area contributed by atoms with Crippen LogP contribution in [0.4, 0.5) is 8.78 Å². The number of ether oxygens (including phenoxy) is 1. The van der Waals surface area contributed by atoms with Gasteiger partial charge in [0.1, 0.15) is 11.6 Å². The molecule has 0 amide bonds. The maximum atomic E-state index is 13.9. The molecule has 0 fully saturated rings. The first-order valence-corrected chi connectivity index (χ1v) is 6.99. The third kappa shape index (κ3) is 3.48. The molecule has 0 radical (unpaired) electrons. The lowest BCUT2D eigenvalue weighted by Gasteiger charge is -2.10. The highest BCUT2D eigenvalue weighted by Crippen LogP contribution is 2.34. The van der Waals surface area contributed by atoms with Crippen LogP contribution in [0.25, 0.3) is 0 Å². The second-order valence-electron chi connectivity index (χ2n) is 4.10. The molecule has 0 aromatic heterocycles. The lowest BCUT2D eigenvalue weighted by Crippen LogP contribution is -2.03. The predicted molar refractivity (Wildman–Crippen MR) is 78.3 cm³/mol. The zero-order chi connectivity index (χ0) is 14.7. The lowest BCUT2D eigenvalue weighted by molar-refractivity contribution is 0.436. The Kier molecular flexibility index (Phi) is 4.96. The molecule has 106 valence electrons. The zero-order valence-corrected chi connectivity index (χ0v) is 12.6. The van der Waals surface area contributed by atoms with Gasteiger partial charge in [0.05, 0.1) is 9.50 Å². The molecule has 0 aliphatic carbocycles. The van der Waals surface area contributed by atoms with E-state index in [1.54, 1.807) is 6.07 Å². The molecule has 0 heterocycles. The molecule has 0 aliphatic heterocycles. The summed E-state index contributed by atoms with van der Waals surface area (Å²) in [4.78, 5) is 0. The minimum atomic E-state index is -0.634. The highest BCUT2D eigenvalue weighted by atomic mass is 79.9. The van der Waals surface area contributed by atoms with E-state index in [1.807, 2.05) is 0 Å². The number of hydrogen-bond donors (Lipinski definition) is 1. The zero-order valence-electron chi connectivity index (χ0n) is 10.3. The van der Waals surface area contributed by atoms with Crippen LogP contribution >= 0.6 is 27.5 Å². The van der Waals surface area contributed by atoms with E-state index in [-0.39, 0.29) is 16.5 Å². The number of hydrogen-bond acceptors (Lipinski definition) is 2. The van der Waals surface area contributed by atoms with Gasteiger partial charge in [-0.15, -0.1) is 0 Å². The van der Waals surface area contributed by atoms with Crippen molar-refractivity contribution in [1.82, 2.24) is 0 Å². The van der Waals surface area contributed by atoms with E-state index < -0.39 is 11.6 Å². The van der Waals surface area contributed by atoms with Crippen molar-refractivity contribution in [2.24, 2.45) is 5.73 Å². The topological polar surface area (TPSA) is 35.2 Å². The van der Waals surface area contributed by atoms with Crippen LogP contribution < -0.4 is 10.5 Å². The number of halogens is 4. The molecule has 2 aromatic carbocycles. The summed E-state index contributed by atoms with van der Waals surface area (Å²) in [5.74, 6) is -1.01. The first kappa shape index (κ1) is 15.2. The van der Waals surface area contributed by atoms with Crippen LogP contribution in [-0.2, 0) is 6.42 Å². The molecule has 0 aliphatic rings. The highest BCUT2D eigenvalue weighted by molar-refractivity contribution is 9.10. The summed E-state index contributed by atoms with van der Waals surface area (Å²) in [5.41, 5.74) is 6.19. The van der Waals surface area contributed by atoms with Gasteiger partial charge in [0.2, 0.25) is 0 Å². The summed E-state index contributed by atoms with van der Waals surface area (Å²) < 4.78 is 33.1. The molecule has 0 unspecified atom stereocenters. The van der Waals surface area contributed by atoms with Crippen molar-refractivity contribution in [2.75, 3.05) is 6.54 Å². The van der Waals surface area contributed by atoms with Crippen LogP contribution in [0.3, 0.4) is 0 Å². The summed E-state index contributed by atoms with van der Waals surface area (Å²) in [5, 5.41) is -0.0389. The van der Waals surface area contributed by atoms with Crippen LogP contribution in [-0.4, -0.2) is 6.54 Å². The molecule has 0 atom stereocenters. The molecule has 2 aromatic rings. The molecule has 2 rings (SSSR count). The molecule has 0 saturated heterocycles. The third-order valence-electron chi connectivity index (χ3n) is 2.62. The van der Waals surface area contributed by atoms with Crippen molar-refractivity contribution in [3.63, 3.8) is 0 Å². The van der Waals surface area contributed by atoms with Crippen molar-refractivity contribution >= 4 is 27.5 Å². The van der Waals surface area contributed by atoms with Gasteiger partial charge in [0, 0.05) is 6.07 Å². The standard InChI is InChI=1S/C14H11BrClF2NO/c15-9-6-10(16)11(17)7-14(9)20-13-2-1-8(3-4-19)5-12(13)18/h1-2,5-7H,3-4,19H2. The van der Waals surface area contributed by atoms with Crippen molar-refractivity contribution in [3.8, 4) is 11.5 Å². The monoisotopic (exact) mass is 361 g/mol. The summed E-state index contributed by atoms with van der Waals surface area (Å²) >= 11 is 8.82. The maximum absolute atomic E-state index is 13.9. The number of rotatable bonds is 4. The average Bonchev–Trinajstić information content (AvgIpc) is 2.39. The molecule has 20 heavy (non-hydrogen) atoms. The number of benzene rings is 2. The van der Waals surface area contributed by atoms with Crippen LogP contribution in [0.15, 0.2) is 34.8 Å². The molecule has 0 spiro atoms. The smallest absolute Gasteiger partial charge is 0.165 e. The van der Waals surface area contributed by atoms with Gasteiger partial charge in [0.15, 0.2) is 11.6 Å². The van der Waals surface area contributed by atoms with Gasteiger partial charge in [-0.2, -0.15) is 0 Å². The van der Waals surface area contributed by atoms with Crippen LogP contribution in [0.5, 0.6) is 11.5 Å². The van der Waals surface area contributed by atoms with Gasteiger partial charge >= 0.3 is 0 Å². The van der Waals surface area contributed by atoms with Gasteiger partial charge in [-0.3, -0.25) is 0 Å². The van der Waals surface area contributed by atoms with Crippen molar-refractivity contribution in [2.45, 2.75) is 6.42 Å². The summed E-state index contributed by atoms with van der Waals surface area (Å²) in [7, 11) is 0. The fourth-order valence-corrected chi connectivity index (χ4v) is 2.37. The first-order chi connectivity index (χ1) is 9.51. The van der Waals surface area contributed by atoms with E-state index in [9.17, 15) is 8.78 Å². The summed E-state index contributed by atoms with van der Waals surface area (Å²) in [6.45, 7) is 0.438. The molecule has 0 bridgehead atoms. The van der Waals surface area contributed by atoms with Crippen molar-refractivity contribution in [1.29, 1.82) is 0 Å². The Morgan fingerprint density at radius 2 is 1.85 bits per heavy atom. The molecule has 0 saturated carbocycles. The molecule has 2 N–H and O–H groups in total. The number of nitrogens with two attached hydrogens (primary N) is 1. The second-order valence-corrected chi connectivity index (χ2v) is 5.36. The van der Waals surface area contributed by atoms with Crippen LogP contribution in [0.2, 0.25) is 5.02 Å². The minimum Gasteiger partial charge on any atom is -0.453 e. The fourth-order valence-electron chi connectivity index (χ4n) is 1.65. The highest BCUT2D eigenvalue weighted by Gasteiger charge is 2.11. The summed E-state index contributed by atoms with van der Waals surface area (Å²) in [6, 6.07) is 7.00. The quantitative estimate of drug-likeness (QED) is 0.802. The second kappa shape index (κ2) is 6.52. The Morgan fingerprint density at radius 1 is 1.10 bits per heavy atom. The van der Waals surface area contributed by atoms with E-state index in [1.165, 1.54) is 18.2 Å². The Labute approximate surface area is 128 Å². The van der Waals surface area contributed by atoms with Gasteiger partial charge in [-0.1, -0.05) is 17.7 Å². The van der Waals surface area contributed by atoms with Gasteiger partial charge in [-0.25, -0.2) is 8.78 Å². The average molecular weight is 363 g/mol. The van der Waals surface area contributed by atoms with E-state index >= 15 is 0 Å². The lowest BCUT2D eigenvalue weighted by atomic mass is 10.1. The normalized spacial score (nSPS) is 10.7. The van der Waals surface area contributed by atoms with Gasteiger partial charge < -0.3 is 10.5 Å². The van der Waals surface area contributed by atoms with E-state index in [2.05, 4.69) is 15.9 Å². The predicted octanol–water partition coefficient (Wildman–Crippen LogP) is 4.67. The third-order valence-corrected chi connectivity index (χ3v) is 3.53. The molecular weight excluding hydrogens is 352 g/mol. The van der Waals surface area contributed by atoms with Gasteiger partial charge in [0.25, 0.3) is 0 Å². The minimum absolute atomic E-state index is 0.00759. The van der Waals surface area contributed by atoms with E-state index in [0.29, 0.717) is 17.4 Å². The van der Waals surface area contributed by atoms with Crippen LogP contribution in [0.1, 0.15) is 5.56 Å². The van der Waals surface area contributed by atoms with Gasteiger partial charge in [-0.05, 0) is 52.7 Å². The maximum Gasteiger partial charge on any atom is 0.165 e. The summed E-state index contributed by atoms with van der Waals surface area (Å²) in [6.07, 6.45) is 0.580. The molecule has 6 heteroatoms.